The molecule has 6 nitrogen and oxygen atoms in total. The molecule has 0 spiro atoms. The largest absolute Gasteiger partial charge is 0.483 e. The van der Waals surface area contributed by atoms with Crippen LogP contribution in [0.2, 0.25) is 0 Å². The Balaban J connectivity index is 1.71. The van der Waals surface area contributed by atoms with Gasteiger partial charge in [-0.3, -0.25) is 9.59 Å². The van der Waals surface area contributed by atoms with E-state index in [1.54, 1.807) is 30.3 Å². The highest BCUT2D eigenvalue weighted by atomic mass is 16.5. The molecule has 0 aliphatic heterocycles. The van der Waals surface area contributed by atoms with Gasteiger partial charge in [-0.25, -0.2) is 0 Å². The molecule has 0 radical (unpaired) electrons. The molecule has 3 aromatic rings. The Hall–Kier alpha value is -4.37. The summed E-state index contributed by atoms with van der Waals surface area (Å²) in [5.41, 5.74) is 3.71. The average molecular weight is 425 g/mol. The number of amides is 2. The molecular weight excluding hydrogens is 402 g/mol. The number of carbonyl (C=O) groups excluding carboxylic acids is 2. The van der Waals surface area contributed by atoms with E-state index in [4.69, 9.17) is 4.74 Å². The van der Waals surface area contributed by atoms with Gasteiger partial charge in [-0.15, -0.1) is 0 Å². The maximum absolute atomic E-state index is 12.6. The molecule has 32 heavy (non-hydrogen) atoms. The molecule has 160 valence electrons. The SMILES string of the molecule is Cc1cccc(NC(=O)/C(C#N)=C/c2ccccc2OCC(=O)Nc2ccccc2C)c1. The van der Waals surface area contributed by atoms with Crippen molar-refractivity contribution in [2.45, 2.75) is 13.8 Å². The van der Waals surface area contributed by atoms with Gasteiger partial charge in [0, 0.05) is 16.9 Å². The molecule has 0 bridgehead atoms. The summed E-state index contributed by atoms with van der Waals surface area (Å²) in [6, 6.07) is 23.6. The van der Waals surface area contributed by atoms with Crippen LogP contribution in [0.15, 0.2) is 78.4 Å². The number of benzene rings is 3. The zero-order valence-electron chi connectivity index (χ0n) is 17.9. The van der Waals surface area contributed by atoms with E-state index < -0.39 is 5.91 Å². The van der Waals surface area contributed by atoms with Crippen molar-refractivity contribution in [2.24, 2.45) is 0 Å². The number of nitriles is 1. The van der Waals surface area contributed by atoms with E-state index in [0.29, 0.717) is 22.7 Å². The summed E-state index contributed by atoms with van der Waals surface area (Å²) in [6.45, 7) is 3.61. The zero-order valence-corrected chi connectivity index (χ0v) is 17.9. The van der Waals surface area contributed by atoms with Gasteiger partial charge in [-0.2, -0.15) is 5.26 Å². The lowest BCUT2D eigenvalue weighted by Crippen LogP contribution is -2.20. The topological polar surface area (TPSA) is 91.2 Å². The molecule has 2 N–H and O–H groups in total. The summed E-state index contributed by atoms with van der Waals surface area (Å²) >= 11 is 0. The van der Waals surface area contributed by atoms with Crippen LogP contribution in [-0.2, 0) is 9.59 Å². The first kappa shape index (κ1) is 22.3. The maximum atomic E-state index is 12.6. The van der Waals surface area contributed by atoms with Crippen LogP contribution in [0.4, 0.5) is 11.4 Å². The van der Waals surface area contributed by atoms with Crippen molar-refractivity contribution in [1.29, 1.82) is 5.26 Å². The van der Waals surface area contributed by atoms with E-state index in [1.807, 2.05) is 62.4 Å². The van der Waals surface area contributed by atoms with Crippen molar-refractivity contribution in [2.75, 3.05) is 17.2 Å². The Morgan fingerprint density at radius 2 is 1.72 bits per heavy atom. The first-order valence-corrected chi connectivity index (χ1v) is 10.0. The minimum atomic E-state index is -0.523. The Bertz CT molecular complexity index is 1210. The van der Waals surface area contributed by atoms with Crippen LogP contribution >= 0.6 is 0 Å². The second-order valence-corrected chi connectivity index (χ2v) is 7.18. The summed E-state index contributed by atoms with van der Waals surface area (Å²) < 4.78 is 5.67. The van der Waals surface area contributed by atoms with Crippen molar-refractivity contribution in [1.82, 2.24) is 0 Å². The number of nitrogens with zero attached hydrogens (tertiary/aromatic N) is 1. The minimum Gasteiger partial charge on any atom is -0.483 e. The van der Waals surface area contributed by atoms with E-state index in [2.05, 4.69) is 10.6 Å². The average Bonchev–Trinajstić information content (AvgIpc) is 2.78. The van der Waals surface area contributed by atoms with Crippen LogP contribution in [0.5, 0.6) is 5.75 Å². The van der Waals surface area contributed by atoms with Gasteiger partial charge in [0.05, 0.1) is 0 Å². The third-order valence-corrected chi connectivity index (χ3v) is 4.64. The number of rotatable bonds is 7. The monoisotopic (exact) mass is 425 g/mol. The van der Waals surface area contributed by atoms with E-state index in [0.717, 1.165) is 11.1 Å². The van der Waals surface area contributed by atoms with Crippen molar-refractivity contribution < 1.29 is 14.3 Å². The molecule has 0 atom stereocenters. The molecule has 0 heterocycles. The summed E-state index contributed by atoms with van der Waals surface area (Å²) in [4.78, 5) is 24.9. The third-order valence-electron chi connectivity index (χ3n) is 4.64. The van der Waals surface area contributed by atoms with Crippen LogP contribution in [-0.4, -0.2) is 18.4 Å². The van der Waals surface area contributed by atoms with Gasteiger partial charge in [0.1, 0.15) is 17.4 Å². The summed E-state index contributed by atoms with van der Waals surface area (Å²) in [7, 11) is 0. The molecule has 6 heteroatoms. The van der Waals surface area contributed by atoms with Crippen LogP contribution in [0.3, 0.4) is 0 Å². The number of ether oxygens (including phenoxy) is 1. The number of hydrogen-bond donors (Lipinski definition) is 2. The molecule has 0 unspecified atom stereocenters. The Labute approximate surface area is 187 Å². The zero-order chi connectivity index (χ0) is 22.9. The first-order valence-electron chi connectivity index (χ1n) is 10.0. The second kappa shape index (κ2) is 10.6. The van der Waals surface area contributed by atoms with E-state index >= 15 is 0 Å². The number of carbonyl (C=O) groups is 2. The summed E-state index contributed by atoms with van der Waals surface area (Å²) in [5, 5.41) is 15.0. The predicted octanol–water partition coefficient (Wildman–Crippen LogP) is 4.87. The van der Waals surface area contributed by atoms with E-state index in [1.165, 1.54) is 6.08 Å². The van der Waals surface area contributed by atoms with Gasteiger partial charge in [0.25, 0.3) is 11.8 Å². The van der Waals surface area contributed by atoms with Gasteiger partial charge >= 0.3 is 0 Å². The molecule has 0 aromatic heterocycles. The lowest BCUT2D eigenvalue weighted by atomic mass is 10.1. The fourth-order valence-corrected chi connectivity index (χ4v) is 3.00. The molecule has 0 aliphatic rings. The molecule has 0 aliphatic carbocycles. The van der Waals surface area contributed by atoms with Crippen LogP contribution in [0.25, 0.3) is 6.08 Å². The molecule has 2 amide bonds. The van der Waals surface area contributed by atoms with Crippen LogP contribution in [0.1, 0.15) is 16.7 Å². The smallest absolute Gasteiger partial charge is 0.266 e. The highest BCUT2D eigenvalue weighted by molar-refractivity contribution is 6.09. The quantitative estimate of drug-likeness (QED) is 0.417. The lowest BCUT2D eigenvalue weighted by Gasteiger charge is -2.11. The normalized spacial score (nSPS) is 10.7. The highest BCUT2D eigenvalue weighted by Gasteiger charge is 2.12. The predicted molar refractivity (Wildman–Crippen MR) is 125 cm³/mol. The fourth-order valence-electron chi connectivity index (χ4n) is 3.00. The fraction of sp³-hybridized carbons (Fsp3) is 0.115. The lowest BCUT2D eigenvalue weighted by molar-refractivity contribution is -0.118. The third kappa shape index (κ3) is 6.07. The van der Waals surface area contributed by atoms with E-state index in [9.17, 15) is 14.9 Å². The number of para-hydroxylation sites is 2. The van der Waals surface area contributed by atoms with Crippen molar-refractivity contribution >= 4 is 29.3 Å². The standard InChI is InChI=1S/C26H23N3O3/c1-18-8-7-11-22(14-18)28-26(31)21(16-27)15-20-10-4-6-13-24(20)32-17-25(30)29-23-12-5-3-9-19(23)2/h3-15H,17H2,1-2H3,(H,28,31)(H,29,30)/b21-15+. The van der Waals surface area contributed by atoms with Gasteiger partial charge in [-0.1, -0.05) is 48.5 Å². The number of nitrogens with one attached hydrogen (secondary N) is 2. The Morgan fingerprint density at radius 3 is 2.47 bits per heavy atom. The van der Waals surface area contributed by atoms with Gasteiger partial charge < -0.3 is 15.4 Å². The minimum absolute atomic E-state index is 0.0769. The first-order chi connectivity index (χ1) is 15.5. The van der Waals surface area contributed by atoms with Crippen molar-refractivity contribution in [3.05, 3.63) is 95.1 Å². The van der Waals surface area contributed by atoms with Gasteiger partial charge in [0.2, 0.25) is 0 Å². The molecule has 3 aromatic carbocycles. The number of anilines is 2. The Morgan fingerprint density at radius 1 is 0.969 bits per heavy atom. The number of hydrogen-bond acceptors (Lipinski definition) is 4. The molecule has 3 rings (SSSR count). The van der Waals surface area contributed by atoms with Gasteiger partial charge in [0.15, 0.2) is 6.61 Å². The van der Waals surface area contributed by atoms with Crippen molar-refractivity contribution in [3.8, 4) is 11.8 Å². The van der Waals surface area contributed by atoms with Crippen LogP contribution < -0.4 is 15.4 Å². The van der Waals surface area contributed by atoms with Crippen LogP contribution in [0, 0.1) is 25.2 Å². The molecular formula is C26H23N3O3. The molecule has 0 saturated heterocycles. The highest BCUT2D eigenvalue weighted by Crippen LogP contribution is 2.22. The molecule has 0 fully saturated rings. The maximum Gasteiger partial charge on any atom is 0.266 e. The van der Waals surface area contributed by atoms with Crippen molar-refractivity contribution in [3.63, 3.8) is 0 Å². The molecule has 0 saturated carbocycles. The second-order valence-electron chi connectivity index (χ2n) is 7.18. The van der Waals surface area contributed by atoms with E-state index in [-0.39, 0.29) is 18.1 Å². The van der Waals surface area contributed by atoms with Gasteiger partial charge in [-0.05, 0) is 55.3 Å². The summed E-state index contributed by atoms with van der Waals surface area (Å²) in [5.74, 6) is -0.440. The number of aryl methyl sites for hydroxylation is 2. The Kier molecular flexibility index (Phi) is 7.39. The summed E-state index contributed by atoms with van der Waals surface area (Å²) in [6.07, 6.45) is 1.44.